The Morgan fingerprint density at radius 1 is 0.931 bits per heavy atom. The Kier molecular flexibility index (Phi) is 4.92. The van der Waals surface area contributed by atoms with E-state index in [1.807, 2.05) is 36.5 Å². The molecule has 5 rings (SSSR count). The minimum atomic E-state index is 0.680. The van der Waals surface area contributed by atoms with Crippen LogP contribution in [0, 0.1) is 0 Å². The molecule has 0 bridgehead atoms. The van der Waals surface area contributed by atoms with Crippen molar-refractivity contribution in [2.75, 3.05) is 16.8 Å². The lowest BCUT2D eigenvalue weighted by Gasteiger charge is -2.29. The molecule has 0 saturated heterocycles. The van der Waals surface area contributed by atoms with Gasteiger partial charge in [0.05, 0.1) is 0 Å². The fourth-order valence-electron chi connectivity index (χ4n) is 3.58. The first-order valence-electron chi connectivity index (χ1n) is 9.75. The Balaban J connectivity index is 1.21. The van der Waals surface area contributed by atoms with Crippen molar-refractivity contribution in [3.8, 4) is 11.4 Å². The van der Waals surface area contributed by atoms with E-state index >= 15 is 0 Å². The molecule has 144 valence electrons. The standard InChI is InChI=1S/C23H21N5S/c1-2-7-19(8-3-1)22-26-23(29-27-22)25-15-17-10-11-21(24-14-17)28-13-12-18-6-4-5-9-20(18)16-28/h1-11,14H,12-13,15-16H2,(H,25,26,27). The maximum atomic E-state index is 4.69. The summed E-state index contributed by atoms with van der Waals surface area (Å²) in [6.45, 7) is 2.61. The second-order valence-electron chi connectivity index (χ2n) is 7.11. The number of benzene rings is 2. The van der Waals surface area contributed by atoms with Gasteiger partial charge in [-0.05, 0) is 29.2 Å². The maximum absolute atomic E-state index is 4.69. The summed E-state index contributed by atoms with van der Waals surface area (Å²) in [6, 6.07) is 23.0. The van der Waals surface area contributed by atoms with E-state index in [-0.39, 0.29) is 0 Å². The van der Waals surface area contributed by atoms with Gasteiger partial charge in [0.15, 0.2) is 5.82 Å². The van der Waals surface area contributed by atoms with E-state index in [1.54, 1.807) is 0 Å². The molecule has 29 heavy (non-hydrogen) atoms. The number of rotatable bonds is 5. The number of hydrogen-bond acceptors (Lipinski definition) is 6. The molecule has 5 nitrogen and oxygen atoms in total. The third-order valence-corrected chi connectivity index (χ3v) is 5.84. The van der Waals surface area contributed by atoms with Gasteiger partial charge in [-0.15, -0.1) is 0 Å². The number of anilines is 2. The Morgan fingerprint density at radius 3 is 2.59 bits per heavy atom. The molecule has 0 fully saturated rings. The van der Waals surface area contributed by atoms with Gasteiger partial charge in [0.1, 0.15) is 5.82 Å². The number of pyridine rings is 1. The minimum absolute atomic E-state index is 0.680. The zero-order chi connectivity index (χ0) is 19.5. The lowest BCUT2D eigenvalue weighted by molar-refractivity contribution is 0.720. The molecule has 0 spiro atoms. The fraction of sp³-hybridized carbons (Fsp3) is 0.174. The van der Waals surface area contributed by atoms with E-state index in [0.29, 0.717) is 6.54 Å². The van der Waals surface area contributed by atoms with Gasteiger partial charge in [-0.25, -0.2) is 4.98 Å². The number of nitrogens with zero attached hydrogens (tertiary/aromatic N) is 4. The summed E-state index contributed by atoms with van der Waals surface area (Å²) in [5, 5.41) is 4.17. The van der Waals surface area contributed by atoms with Gasteiger partial charge in [0.2, 0.25) is 5.13 Å². The molecule has 0 atom stereocenters. The van der Waals surface area contributed by atoms with Gasteiger partial charge in [-0.2, -0.15) is 9.36 Å². The molecule has 0 amide bonds. The second-order valence-corrected chi connectivity index (χ2v) is 7.86. The van der Waals surface area contributed by atoms with Crippen molar-refractivity contribution in [2.24, 2.45) is 0 Å². The van der Waals surface area contributed by atoms with E-state index < -0.39 is 0 Å². The van der Waals surface area contributed by atoms with Gasteiger partial charge in [-0.1, -0.05) is 60.7 Å². The summed E-state index contributed by atoms with van der Waals surface area (Å²) in [6.07, 6.45) is 3.02. The molecule has 0 saturated carbocycles. The highest BCUT2D eigenvalue weighted by atomic mass is 32.1. The zero-order valence-electron chi connectivity index (χ0n) is 16.0. The van der Waals surface area contributed by atoms with Gasteiger partial charge in [-0.3, -0.25) is 0 Å². The average Bonchev–Trinajstić information content (AvgIpc) is 3.27. The molecule has 4 aromatic rings. The Labute approximate surface area is 174 Å². The van der Waals surface area contributed by atoms with Crippen LogP contribution in [0.15, 0.2) is 72.9 Å². The van der Waals surface area contributed by atoms with Crippen LogP contribution in [-0.2, 0) is 19.5 Å². The molecule has 1 aliphatic heterocycles. The topological polar surface area (TPSA) is 53.9 Å². The van der Waals surface area contributed by atoms with Crippen LogP contribution in [0.4, 0.5) is 10.9 Å². The van der Waals surface area contributed by atoms with E-state index in [4.69, 9.17) is 4.98 Å². The molecule has 0 unspecified atom stereocenters. The monoisotopic (exact) mass is 399 g/mol. The summed E-state index contributed by atoms with van der Waals surface area (Å²) in [4.78, 5) is 11.6. The third kappa shape index (κ3) is 3.98. The van der Waals surface area contributed by atoms with Crippen LogP contribution < -0.4 is 10.2 Å². The van der Waals surface area contributed by atoms with E-state index in [1.165, 1.54) is 22.7 Å². The lowest BCUT2D eigenvalue weighted by atomic mass is 10.00. The van der Waals surface area contributed by atoms with Crippen LogP contribution in [0.25, 0.3) is 11.4 Å². The molecule has 0 aliphatic carbocycles. The summed E-state index contributed by atoms with van der Waals surface area (Å²) in [5.74, 6) is 1.79. The highest BCUT2D eigenvalue weighted by molar-refractivity contribution is 7.09. The molecule has 1 N–H and O–H groups in total. The Bertz CT molecular complexity index is 1090. The van der Waals surface area contributed by atoms with Crippen molar-refractivity contribution >= 4 is 22.5 Å². The SMILES string of the molecule is c1ccc(-c2nsc(NCc3ccc(N4CCc5ccccc5C4)nc3)n2)cc1. The van der Waals surface area contributed by atoms with Gasteiger partial charge in [0.25, 0.3) is 0 Å². The molecule has 2 aromatic heterocycles. The summed E-state index contributed by atoms with van der Waals surface area (Å²) >= 11 is 1.38. The number of aromatic nitrogens is 3. The molecule has 3 heterocycles. The normalized spacial score (nSPS) is 13.2. The number of hydrogen-bond donors (Lipinski definition) is 1. The molecule has 0 radical (unpaired) electrons. The van der Waals surface area contributed by atoms with Crippen LogP contribution in [-0.4, -0.2) is 20.9 Å². The van der Waals surface area contributed by atoms with Gasteiger partial charge in [0, 0.05) is 42.9 Å². The predicted octanol–water partition coefficient (Wildman–Crippen LogP) is 4.77. The predicted molar refractivity (Wildman–Crippen MR) is 118 cm³/mol. The number of fused-ring (bicyclic) bond motifs is 1. The lowest BCUT2D eigenvalue weighted by Crippen LogP contribution is -2.30. The van der Waals surface area contributed by atoms with Crippen LogP contribution >= 0.6 is 11.5 Å². The van der Waals surface area contributed by atoms with Crippen LogP contribution in [0.5, 0.6) is 0 Å². The van der Waals surface area contributed by atoms with Crippen LogP contribution in [0.1, 0.15) is 16.7 Å². The van der Waals surface area contributed by atoms with Crippen molar-refractivity contribution in [3.05, 3.63) is 89.6 Å². The molecule has 2 aromatic carbocycles. The Morgan fingerprint density at radius 2 is 1.76 bits per heavy atom. The average molecular weight is 400 g/mol. The van der Waals surface area contributed by atoms with Gasteiger partial charge < -0.3 is 10.2 Å². The molecule has 1 aliphatic rings. The second kappa shape index (κ2) is 8.01. The summed E-state index contributed by atoms with van der Waals surface area (Å²) in [7, 11) is 0. The Hall–Kier alpha value is -3.25. The first-order valence-corrected chi connectivity index (χ1v) is 10.5. The quantitative estimate of drug-likeness (QED) is 0.524. The highest BCUT2D eigenvalue weighted by Gasteiger charge is 2.16. The summed E-state index contributed by atoms with van der Waals surface area (Å²) in [5.41, 5.74) is 5.02. The van der Waals surface area contributed by atoms with E-state index in [0.717, 1.165) is 47.4 Å². The van der Waals surface area contributed by atoms with Crippen molar-refractivity contribution in [2.45, 2.75) is 19.5 Å². The molecule has 6 heteroatoms. The van der Waals surface area contributed by atoms with E-state index in [9.17, 15) is 0 Å². The van der Waals surface area contributed by atoms with Crippen LogP contribution in [0.3, 0.4) is 0 Å². The van der Waals surface area contributed by atoms with E-state index in [2.05, 4.69) is 56.0 Å². The third-order valence-electron chi connectivity index (χ3n) is 5.17. The largest absolute Gasteiger partial charge is 0.356 e. The van der Waals surface area contributed by atoms with Crippen molar-refractivity contribution in [1.82, 2.24) is 14.3 Å². The fourth-order valence-corrected chi connectivity index (χ4v) is 4.16. The molecular formula is C23H21N5S. The van der Waals surface area contributed by atoms with Crippen molar-refractivity contribution in [1.29, 1.82) is 0 Å². The van der Waals surface area contributed by atoms with Crippen molar-refractivity contribution < 1.29 is 0 Å². The van der Waals surface area contributed by atoms with Gasteiger partial charge >= 0.3 is 0 Å². The summed E-state index contributed by atoms with van der Waals surface area (Å²) < 4.78 is 4.44. The smallest absolute Gasteiger partial charge is 0.203 e. The van der Waals surface area contributed by atoms with Crippen LogP contribution in [0.2, 0.25) is 0 Å². The highest BCUT2D eigenvalue weighted by Crippen LogP contribution is 2.24. The zero-order valence-corrected chi connectivity index (χ0v) is 16.8. The number of nitrogens with one attached hydrogen (secondary N) is 1. The maximum Gasteiger partial charge on any atom is 0.203 e. The van der Waals surface area contributed by atoms with Crippen molar-refractivity contribution in [3.63, 3.8) is 0 Å². The minimum Gasteiger partial charge on any atom is -0.356 e. The first kappa shape index (κ1) is 17.8. The molecular weight excluding hydrogens is 378 g/mol. The first-order chi connectivity index (χ1) is 14.3.